The van der Waals surface area contributed by atoms with Crippen molar-refractivity contribution in [3.05, 3.63) is 89.5 Å². The van der Waals surface area contributed by atoms with Gasteiger partial charge in [0.15, 0.2) is 5.78 Å². The smallest absolute Gasteiger partial charge is 0.250 e. The van der Waals surface area contributed by atoms with Crippen LogP contribution in [0.25, 0.3) is 0 Å². The topological polar surface area (TPSA) is 106 Å². The molecular formula is C25H23F2N3O4S. The van der Waals surface area contributed by atoms with Crippen molar-refractivity contribution in [2.75, 3.05) is 5.32 Å². The van der Waals surface area contributed by atoms with E-state index in [1.807, 2.05) is 0 Å². The summed E-state index contributed by atoms with van der Waals surface area (Å²) in [6.07, 6.45) is 1.57. The Kier molecular flexibility index (Phi) is 6.75. The van der Waals surface area contributed by atoms with Crippen molar-refractivity contribution in [2.24, 2.45) is 0 Å². The second-order valence-corrected chi connectivity index (χ2v) is 10.0. The minimum atomic E-state index is -2.94. The quantitative estimate of drug-likeness (QED) is 0.360. The van der Waals surface area contributed by atoms with E-state index < -0.39 is 45.9 Å². The van der Waals surface area contributed by atoms with Crippen molar-refractivity contribution < 1.29 is 26.8 Å². The molecule has 0 bridgehead atoms. The van der Waals surface area contributed by atoms with Gasteiger partial charge in [0.25, 0.3) is 5.92 Å². The van der Waals surface area contributed by atoms with Crippen molar-refractivity contribution >= 4 is 28.1 Å². The fraction of sp³-hybridized carbons (Fsp3) is 0.280. The largest absolute Gasteiger partial charge is 0.324 e. The molecule has 2 heterocycles. The second kappa shape index (κ2) is 9.61. The van der Waals surface area contributed by atoms with Crippen molar-refractivity contribution in [3.63, 3.8) is 0 Å². The number of alkyl halides is 2. The molecule has 4 rings (SSSR count). The number of halogens is 2. The van der Waals surface area contributed by atoms with Gasteiger partial charge in [-0.2, -0.15) is 0 Å². The number of nitrogens with zero attached hydrogens (tertiary/aromatic N) is 2. The van der Waals surface area contributed by atoms with Gasteiger partial charge in [-0.1, -0.05) is 30.3 Å². The number of benzene rings is 1. The van der Waals surface area contributed by atoms with Crippen LogP contribution in [0.15, 0.2) is 67.0 Å². The zero-order valence-corrected chi connectivity index (χ0v) is 19.7. The minimum Gasteiger partial charge on any atom is -0.324 e. The average Bonchev–Trinajstić information content (AvgIpc) is 2.82. The van der Waals surface area contributed by atoms with Gasteiger partial charge in [0.1, 0.15) is 16.4 Å². The fourth-order valence-electron chi connectivity index (χ4n) is 4.21. The van der Waals surface area contributed by atoms with Crippen molar-refractivity contribution in [3.8, 4) is 0 Å². The Bertz CT molecular complexity index is 1290. The number of amides is 1. The predicted molar refractivity (Wildman–Crippen MR) is 126 cm³/mol. The summed E-state index contributed by atoms with van der Waals surface area (Å²) >= 11 is 0. The molecule has 7 nitrogen and oxygen atoms in total. The molecule has 1 atom stereocenters. The molecule has 1 aliphatic rings. The van der Waals surface area contributed by atoms with Crippen LogP contribution in [0.4, 0.5) is 14.5 Å². The van der Waals surface area contributed by atoms with E-state index in [1.54, 1.807) is 49.4 Å². The molecule has 0 aliphatic heterocycles. The van der Waals surface area contributed by atoms with Gasteiger partial charge in [-0.05, 0) is 42.3 Å². The zero-order chi connectivity index (χ0) is 25.2. The normalized spacial score (nSPS) is 16.8. The van der Waals surface area contributed by atoms with E-state index in [-0.39, 0.29) is 23.7 Å². The Morgan fingerprint density at radius 2 is 1.74 bits per heavy atom. The van der Waals surface area contributed by atoms with Gasteiger partial charge in [0.2, 0.25) is 5.91 Å². The molecule has 1 unspecified atom stereocenters. The van der Waals surface area contributed by atoms with Crippen LogP contribution in [0.1, 0.15) is 52.3 Å². The number of Topliss-reactive ketones (excluding diaryl/α,β-unsaturated/α-hetero) is 1. The van der Waals surface area contributed by atoms with E-state index in [0.717, 1.165) is 0 Å². The van der Waals surface area contributed by atoms with Crippen molar-refractivity contribution in [1.82, 2.24) is 9.97 Å². The van der Waals surface area contributed by atoms with E-state index in [9.17, 15) is 26.8 Å². The number of carbonyl (C=O) groups excluding carboxylic acids is 2. The molecule has 0 radical (unpaired) electrons. The molecular weight excluding hydrogens is 476 g/mol. The van der Waals surface area contributed by atoms with Gasteiger partial charge in [-0.3, -0.25) is 19.6 Å². The summed E-state index contributed by atoms with van der Waals surface area (Å²) in [4.78, 5) is 33.8. The molecule has 3 aromatic rings. The predicted octanol–water partition coefficient (Wildman–Crippen LogP) is 3.88. The standard InChI is InChI=1S/C25H23F2N3O4S/c1-16(35(33)34)18-7-5-17(6-8-18)12-22(31)30-19-9-10-20(29-13-19)23(32)24(14-25(26,27)15-24)21-4-2-3-11-28-21/h2-11,13,16,35H,12,14-15H2,1H3,(H,30,31). The molecule has 1 aliphatic carbocycles. The van der Waals surface area contributed by atoms with Crippen LogP contribution in [0.5, 0.6) is 0 Å². The number of thiol groups is 1. The molecule has 1 saturated carbocycles. The number of ketones is 1. The Morgan fingerprint density at radius 3 is 2.29 bits per heavy atom. The maximum absolute atomic E-state index is 13.8. The summed E-state index contributed by atoms with van der Waals surface area (Å²) in [6, 6.07) is 14.5. The monoisotopic (exact) mass is 499 g/mol. The molecule has 2 aromatic heterocycles. The third kappa shape index (κ3) is 5.27. The number of carbonyl (C=O) groups is 2. The van der Waals surface area contributed by atoms with Gasteiger partial charge in [-0.25, -0.2) is 17.2 Å². The van der Waals surface area contributed by atoms with Crippen LogP contribution < -0.4 is 5.32 Å². The first-order valence-electron chi connectivity index (χ1n) is 10.9. The van der Waals surface area contributed by atoms with Crippen LogP contribution in [-0.2, 0) is 27.3 Å². The molecule has 35 heavy (non-hydrogen) atoms. The maximum Gasteiger partial charge on any atom is 0.250 e. The van der Waals surface area contributed by atoms with E-state index >= 15 is 0 Å². The summed E-state index contributed by atoms with van der Waals surface area (Å²) in [5, 5.41) is 2.07. The highest BCUT2D eigenvalue weighted by molar-refractivity contribution is 7.72. The molecule has 0 saturated heterocycles. The lowest BCUT2D eigenvalue weighted by Gasteiger charge is -2.45. The number of hydrogen-bond acceptors (Lipinski definition) is 6. The summed E-state index contributed by atoms with van der Waals surface area (Å²) in [5.41, 5.74) is 0.574. The summed E-state index contributed by atoms with van der Waals surface area (Å²) in [7, 11) is -2.58. The Balaban J connectivity index is 1.42. The molecule has 1 aromatic carbocycles. The molecule has 0 spiro atoms. The number of nitrogens with one attached hydrogen (secondary N) is 1. The van der Waals surface area contributed by atoms with E-state index in [4.69, 9.17) is 0 Å². The van der Waals surface area contributed by atoms with Crippen LogP contribution in [0.2, 0.25) is 0 Å². The Labute approximate surface area is 202 Å². The van der Waals surface area contributed by atoms with Crippen LogP contribution in [0, 0.1) is 0 Å². The van der Waals surface area contributed by atoms with E-state index in [1.165, 1.54) is 24.5 Å². The van der Waals surface area contributed by atoms with Gasteiger partial charge >= 0.3 is 0 Å². The number of hydrogen-bond donors (Lipinski definition) is 2. The van der Waals surface area contributed by atoms with Gasteiger partial charge in [0.05, 0.1) is 34.7 Å². The lowest BCUT2D eigenvalue weighted by molar-refractivity contribution is -0.115. The number of rotatable bonds is 8. The lowest BCUT2D eigenvalue weighted by atomic mass is 9.60. The minimum absolute atomic E-state index is 0.0190. The van der Waals surface area contributed by atoms with Crippen LogP contribution in [-0.4, -0.2) is 36.0 Å². The Hall–Kier alpha value is -3.53. The van der Waals surface area contributed by atoms with Crippen LogP contribution in [0.3, 0.4) is 0 Å². The summed E-state index contributed by atoms with van der Waals surface area (Å²) in [6.45, 7) is 1.59. The summed E-state index contributed by atoms with van der Waals surface area (Å²) < 4.78 is 49.8. The number of aromatic nitrogens is 2. The van der Waals surface area contributed by atoms with E-state index in [0.29, 0.717) is 16.8 Å². The maximum atomic E-state index is 13.8. The average molecular weight is 500 g/mol. The van der Waals surface area contributed by atoms with Gasteiger partial charge in [0, 0.05) is 19.0 Å². The highest BCUT2D eigenvalue weighted by atomic mass is 32.2. The first kappa shape index (κ1) is 24.6. The van der Waals surface area contributed by atoms with Gasteiger partial charge < -0.3 is 5.32 Å². The molecule has 1 N–H and O–H groups in total. The van der Waals surface area contributed by atoms with Crippen molar-refractivity contribution in [1.29, 1.82) is 0 Å². The first-order chi connectivity index (χ1) is 16.6. The van der Waals surface area contributed by atoms with Crippen LogP contribution >= 0.6 is 0 Å². The highest BCUT2D eigenvalue weighted by Gasteiger charge is 2.62. The number of pyridine rings is 2. The molecule has 10 heteroatoms. The van der Waals surface area contributed by atoms with Crippen molar-refractivity contribution in [2.45, 2.75) is 42.8 Å². The number of anilines is 1. The first-order valence-corrected chi connectivity index (χ1v) is 12.2. The highest BCUT2D eigenvalue weighted by Crippen LogP contribution is 2.54. The third-order valence-corrected chi connectivity index (χ3v) is 7.06. The second-order valence-electron chi connectivity index (χ2n) is 8.70. The zero-order valence-electron chi connectivity index (χ0n) is 18.8. The van der Waals surface area contributed by atoms with Gasteiger partial charge in [-0.15, -0.1) is 0 Å². The third-order valence-electron chi connectivity index (χ3n) is 6.13. The Morgan fingerprint density at radius 1 is 1.03 bits per heavy atom. The molecule has 1 fully saturated rings. The SMILES string of the molecule is CC(c1ccc(CC(=O)Nc2ccc(C(=O)C3(c4ccccn4)CC(F)(F)C3)nc2)cc1)[SH](=O)=O. The molecule has 1 amide bonds. The fourth-order valence-corrected chi connectivity index (χ4v) is 4.62. The lowest BCUT2D eigenvalue weighted by Crippen LogP contribution is -2.55. The molecule has 182 valence electrons. The summed E-state index contributed by atoms with van der Waals surface area (Å²) in [5.74, 6) is -3.80. The van der Waals surface area contributed by atoms with E-state index in [2.05, 4.69) is 15.3 Å².